The molecule has 1 saturated heterocycles. The Labute approximate surface area is 102 Å². The largest absolute Gasteiger partial charge is 0.324 e. The van der Waals surface area contributed by atoms with Crippen LogP contribution in [0.15, 0.2) is 6.20 Å². The van der Waals surface area contributed by atoms with Crippen LogP contribution in [0.2, 0.25) is 0 Å². The first-order valence-corrected chi connectivity index (χ1v) is 6.12. The molecule has 2 amide bonds. The molecule has 5 nitrogen and oxygen atoms in total. The monoisotopic (exact) mass is 236 g/mol. The molecule has 0 aliphatic carbocycles. The molecule has 1 N–H and O–H groups in total. The topological polar surface area (TPSA) is 50.2 Å². The van der Waals surface area contributed by atoms with Gasteiger partial charge in [-0.1, -0.05) is 6.92 Å². The Morgan fingerprint density at radius 1 is 1.59 bits per heavy atom. The predicted octanol–water partition coefficient (Wildman–Crippen LogP) is 1.99. The van der Waals surface area contributed by atoms with Crippen molar-refractivity contribution >= 4 is 11.7 Å². The van der Waals surface area contributed by atoms with Crippen molar-refractivity contribution < 1.29 is 4.79 Å². The number of nitrogens with zero attached hydrogens (tertiary/aromatic N) is 3. The third-order valence-electron chi connectivity index (χ3n) is 3.20. The van der Waals surface area contributed by atoms with Crippen molar-refractivity contribution in [1.29, 1.82) is 0 Å². The van der Waals surface area contributed by atoms with Crippen molar-refractivity contribution in [2.24, 2.45) is 13.0 Å². The van der Waals surface area contributed by atoms with Gasteiger partial charge < -0.3 is 10.2 Å². The molecule has 0 unspecified atom stereocenters. The molecule has 0 aromatic carbocycles. The minimum absolute atomic E-state index is 0.00681. The highest BCUT2D eigenvalue weighted by atomic mass is 16.2. The average Bonchev–Trinajstić information content (AvgIpc) is 2.57. The van der Waals surface area contributed by atoms with E-state index in [4.69, 9.17) is 0 Å². The Morgan fingerprint density at radius 3 is 2.94 bits per heavy atom. The predicted molar refractivity (Wildman–Crippen MR) is 66.9 cm³/mol. The summed E-state index contributed by atoms with van der Waals surface area (Å²) >= 11 is 0. The maximum Gasteiger partial charge on any atom is 0.321 e. The summed E-state index contributed by atoms with van der Waals surface area (Å²) in [5, 5.41) is 7.13. The van der Waals surface area contributed by atoms with E-state index in [1.54, 1.807) is 4.68 Å². The van der Waals surface area contributed by atoms with Crippen molar-refractivity contribution in [2.75, 3.05) is 18.4 Å². The van der Waals surface area contributed by atoms with Crippen LogP contribution in [0.4, 0.5) is 10.5 Å². The van der Waals surface area contributed by atoms with Gasteiger partial charge in [0.25, 0.3) is 0 Å². The second-order valence-corrected chi connectivity index (χ2v) is 4.93. The number of rotatable bonds is 1. The highest BCUT2D eigenvalue weighted by molar-refractivity contribution is 5.89. The van der Waals surface area contributed by atoms with Gasteiger partial charge >= 0.3 is 6.03 Å². The molecule has 2 rings (SSSR count). The summed E-state index contributed by atoms with van der Waals surface area (Å²) in [6.45, 7) is 5.80. The number of piperidine rings is 1. The van der Waals surface area contributed by atoms with Crippen LogP contribution in [0, 0.1) is 12.8 Å². The molecule has 2 heterocycles. The standard InChI is InChI=1S/C12H20N4O/c1-9-5-4-6-16(7-9)12(17)13-11-8-15(3)14-10(11)2/h8-9H,4-7H2,1-3H3,(H,13,17)/t9-/m1/s1. The van der Waals surface area contributed by atoms with E-state index in [2.05, 4.69) is 17.3 Å². The Balaban J connectivity index is 1.99. The molecule has 1 aliphatic heterocycles. The first-order chi connectivity index (χ1) is 8.06. The van der Waals surface area contributed by atoms with Gasteiger partial charge in [0.1, 0.15) is 0 Å². The molecule has 1 fully saturated rings. The lowest BCUT2D eigenvalue weighted by Gasteiger charge is -2.30. The van der Waals surface area contributed by atoms with E-state index in [1.165, 1.54) is 6.42 Å². The van der Waals surface area contributed by atoms with Gasteiger partial charge in [0.15, 0.2) is 0 Å². The Kier molecular flexibility index (Phi) is 3.36. The number of aryl methyl sites for hydroxylation is 2. The fourth-order valence-corrected chi connectivity index (χ4v) is 2.29. The van der Waals surface area contributed by atoms with Crippen LogP contribution >= 0.6 is 0 Å². The van der Waals surface area contributed by atoms with Crippen molar-refractivity contribution in [1.82, 2.24) is 14.7 Å². The third kappa shape index (κ3) is 2.78. The van der Waals surface area contributed by atoms with E-state index in [0.717, 1.165) is 30.9 Å². The van der Waals surface area contributed by atoms with Crippen LogP contribution < -0.4 is 5.32 Å². The molecular weight excluding hydrogens is 216 g/mol. The summed E-state index contributed by atoms with van der Waals surface area (Å²) in [5.74, 6) is 0.601. The number of hydrogen-bond acceptors (Lipinski definition) is 2. The van der Waals surface area contributed by atoms with Gasteiger partial charge in [-0.2, -0.15) is 5.10 Å². The van der Waals surface area contributed by atoms with Crippen molar-refractivity contribution in [3.63, 3.8) is 0 Å². The number of likely N-dealkylation sites (tertiary alicyclic amines) is 1. The van der Waals surface area contributed by atoms with Crippen LogP contribution in [0.1, 0.15) is 25.5 Å². The van der Waals surface area contributed by atoms with Gasteiger partial charge in [0, 0.05) is 26.3 Å². The van der Waals surface area contributed by atoms with E-state index < -0.39 is 0 Å². The molecule has 0 radical (unpaired) electrons. The zero-order chi connectivity index (χ0) is 12.4. The molecule has 1 aliphatic rings. The molecule has 17 heavy (non-hydrogen) atoms. The summed E-state index contributed by atoms with van der Waals surface area (Å²) in [5.41, 5.74) is 1.65. The van der Waals surface area contributed by atoms with E-state index in [-0.39, 0.29) is 6.03 Å². The third-order valence-corrected chi connectivity index (χ3v) is 3.20. The molecule has 1 aromatic heterocycles. The highest BCUT2D eigenvalue weighted by Gasteiger charge is 2.21. The molecular formula is C12H20N4O. The number of nitrogens with one attached hydrogen (secondary N) is 1. The summed E-state index contributed by atoms with van der Waals surface area (Å²) in [4.78, 5) is 13.9. The fourth-order valence-electron chi connectivity index (χ4n) is 2.29. The molecule has 0 saturated carbocycles. The lowest BCUT2D eigenvalue weighted by atomic mass is 10.0. The molecule has 1 aromatic rings. The molecule has 94 valence electrons. The summed E-state index contributed by atoms with van der Waals surface area (Å²) < 4.78 is 1.71. The molecule has 1 atom stereocenters. The van der Waals surface area contributed by atoms with Crippen LogP contribution in [-0.2, 0) is 7.05 Å². The number of hydrogen-bond donors (Lipinski definition) is 1. The number of carbonyl (C=O) groups excluding carboxylic acids is 1. The Morgan fingerprint density at radius 2 is 2.35 bits per heavy atom. The minimum Gasteiger partial charge on any atom is -0.324 e. The van der Waals surface area contributed by atoms with Crippen molar-refractivity contribution in [3.05, 3.63) is 11.9 Å². The van der Waals surface area contributed by atoms with Crippen molar-refractivity contribution in [2.45, 2.75) is 26.7 Å². The smallest absolute Gasteiger partial charge is 0.321 e. The molecule has 0 bridgehead atoms. The van der Waals surface area contributed by atoms with Gasteiger partial charge in [-0.15, -0.1) is 0 Å². The van der Waals surface area contributed by atoms with Crippen LogP contribution in [0.3, 0.4) is 0 Å². The number of amides is 2. The lowest BCUT2D eigenvalue weighted by molar-refractivity contribution is 0.182. The lowest BCUT2D eigenvalue weighted by Crippen LogP contribution is -2.41. The summed E-state index contributed by atoms with van der Waals surface area (Å²) in [6.07, 6.45) is 4.15. The number of aromatic nitrogens is 2. The summed E-state index contributed by atoms with van der Waals surface area (Å²) in [6, 6.07) is -0.00681. The zero-order valence-corrected chi connectivity index (χ0v) is 10.7. The van der Waals surface area contributed by atoms with Gasteiger partial charge in [-0.25, -0.2) is 4.79 Å². The van der Waals surface area contributed by atoms with Crippen LogP contribution in [-0.4, -0.2) is 33.8 Å². The maximum atomic E-state index is 12.1. The van der Waals surface area contributed by atoms with Gasteiger partial charge in [0.05, 0.1) is 11.4 Å². The first-order valence-electron chi connectivity index (χ1n) is 6.12. The average molecular weight is 236 g/mol. The van der Waals surface area contributed by atoms with Crippen LogP contribution in [0.25, 0.3) is 0 Å². The first kappa shape index (κ1) is 12.0. The number of urea groups is 1. The highest BCUT2D eigenvalue weighted by Crippen LogP contribution is 2.18. The zero-order valence-electron chi connectivity index (χ0n) is 10.7. The van der Waals surface area contributed by atoms with Gasteiger partial charge in [-0.3, -0.25) is 4.68 Å². The Hall–Kier alpha value is -1.52. The summed E-state index contributed by atoms with van der Waals surface area (Å²) in [7, 11) is 1.85. The van der Waals surface area contributed by atoms with Gasteiger partial charge in [-0.05, 0) is 25.7 Å². The number of anilines is 1. The van der Waals surface area contributed by atoms with E-state index in [9.17, 15) is 4.79 Å². The van der Waals surface area contributed by atoms with E-state index in [1.807, 2.05) is 25.1 Å². The maximum absolute atomic E-state index is 12.1. The Bertz CT molecular complexity index is 413. The quantitative estimate of drug-likeness (QED) is 0.810. The van der Waals surface area contributed by atoms with Gasteiger partial charge in [0.2, 0.25) is 0 Å². The normalized spacial score (nSPS) is 20.4. The van der Waals surface area contributed by atoms with E-state index in [0.29, 0.717) is 5.92 Å². The van der Waals surface area contributed by atoms with E-state index >= 15 is 0 Å². The van der Waals surface area contributed by atoms with Crippen molar-refractivity contribution in [3.8, 4) is 0 Å². The van der Waals surface area contributed by atoms with Crippen LogP contribution in [0.5, 0.6) is 0 Å². The molecule has 5 heteroatoms. The molecule has 0 spiro atoms. The second-order valence-electron chi connectivity index (χ2n) is 4.93. The number of carbonyl (C=O) groups is 1. The fraction of sp³-hybridized carbons (Fsp3) is 0.667. The minimum atomic E-state index is -0.00681. The SMILES string of the molecule is Cc1nn(C)cc1NC(=O)N1CCC[C@@H](C)C1. The second kappa shape index (κ2) is 4.77.